The van der Waals surface area contributed by atoms with Gasteiger partial charge in [-0.3, -0.25) is 4.99 Å². The molecule has 2 aromatic rings. The van der Waals surface area contributed by atoms with Crippen LogP contribution >= 0.6 is 0 Å². The lowest BCUT2D eigenvalue weighted by Gasteiger charge is -2.11. The molecular formula is C31H43NO3. The monoisotopic (exact) mass is 477 g/mol. The molecule has 190 valence electrons. The Balaban J connectivity index is 1.72. The van der Waals surface area contributed by atoms with Gasteiger partial charge in [0.1, 0.15) is 5.75 Å². The maximum atomic E-state index is 11.8. The van der Waals surface area contributed by atoms with E-state index in [1.54, 1.807) is 6.08 Å². The summed E-state index contributed by atoms with van der Waals surface area (Å²) in [7, 11) is 0. The Labute approximate surface area is 212 Å². The number of carbonyl (C=O) groups is 1. The summed E-state index contributed by atoms with van der Waals surface area (Å²) < 4.78 is 5.86. The predicted molar refractivity (Wildman–Crippen MR) is 147 cm³/mol. The summed E-state index contributed by atoms with van der Waals surface area (Å²) in [4.78, 5) is 16.3. The molecule has 0 aliphatic carbocycles. The van der Waals surface area contributed by atoms with E-state index in [4.69, 9.17) is 4.74 Å². The van der Waals surface area contributed by atoms with Gasteiger partial charge in [-0.2, -0.15) is 0 Å². The fourth-order valence-corrected chi connectivity index (χ4v) is 3.98. The fourth-order valence-electron chi connectivity index (χ4n) is 3.98. The Hall–Kier alpha value is -2.88. The van der Waals surface area contributed by atoms with Gasteiger partial charge in [0.2, 0.25) is 0 Å². The summed E-state index contributed by atoms with van der Waals surface area (Å²) >= 11 is 0. The van der Waals surface area contributed by atoms with E-state index in [0.29, 0.717) is 18.5 Å². The molecule has 4 heteroatoms. The van der Waals surface area contributed by atoms with E-state index < -0.39 is 5.97 Å². The maximum Gasteiger partial charge on any atom is 0.331 e. The lowest BCUT2D eigenvalue weighted by Crippen LogP contribution is -2.07. The molecule has 2 rings (SSSR count). The number of aliphatic imine (C=N–C) groups is 1. The van der Waals surface area contributed by atoms with Crippen molar-refractivity contribution in [1.82, 2.24) is 0 Å². The summed E-state index contributed by atoms with van der Waals surface area (Å²) in [6.45, 7) is 5.75. The highest BCUT2D eigenvalue weighted by Gasteiger charge is 2.12. The van der Waals surface area contributed by atoms with Crippen LogP contribution in [0.25, 0.3) is 6.08 Å². The van der Waals surface area contributed by atoms with Gasteiger partial charge in [-0.1, -0.05) is 101 Å². The van der Waals surface area contributed by atoms with Crippen LogP contribution in [0.15, 0.2) is 65.2 Å². The molecule has 0 radical (unpaired) electrons. The molecule has 0 heterocycles. The van der Waals surface area contributed by atoms with Crippen molar-refractivity contribution in [2.45, 2.75) is 78.1 Å². The van der Waals surface area contributed by atoms with Crippen molar-refractivity contribution in [3.05, 3.63) is 71.3 Å². The summed E-state index contributed by atoms with van der Waals surface area (Å²) in [6.07, 6.45) is 15.3. The van der Waals surface area contributed by atoms with Gasteiger partial charge >= 0.3 is 5.97 Å². The topological polar surface area (TPSA) is 58.9 Å². The van der Waals surface area contributed by atoms with Crippen molar-refractivity contribution in [3.63, 3.8) is 0 Å². The highest BCUT2D eigenvalue weighted by molar-refractivity contribution is 5.92. The Morgan fingerprint density at radius 1 is 0.914 bits per heavy atom. The second kappa shape index (κ2) is 17.5. The van der Waals surface area contributed by atoms with Crippen molar-refractivity contribution < 1.29 is 14.6 Å². The molecule has 0 aromatic heterocycles. The first-order valence-electron chi connectivity index (χ1n) is 13.3. The van der Waals surface area contributed by atoms with Gasteiger partial charge in [-0.15, -0.1) is 0 Å². The van der Waals surface area contributed by atoms with Crippen LogP contribution in [0.3, 0.4) is 0 Å². The standard InChI is InChI=1S/C31H43NO3/c1-3-4-5-6-7-8-9-13-22-35-30-18-16-27(17-19-30)24-29(31(33)34)23-26(2)20-21-32-25-28-14-11-10-12-15-28/h10-12,14-19,24-26H,3-9,13,20-23H2,1-2H3,(H,33,34). The number of carboxylic acid groups (broad SMARTS) is 1. The molecular weight excluding hydrogens is 434 g/mol. The molecule has 0 saturated carbocycles. The van der Waals surface area contributed by atoms with Gasteiger partial charge in [0, 0.05) is 18.3 Å². The number of aliphatic carboxylic acids is 1. The van der Waals surface area contributed by atoms with E-state index in [9.17, 15) is 9.90 Å². The quantitative estimate of drug-likeness (QED) is 0.134. The fraction of sp³-hybridized carbons (Fsp3) is 0.484. The van der Waals surface area contributed by atoms with Crippen LogP contribution in [-0.2, 0) is 4.79 Å². The number of hydrogen-bond donors (Lipinski definition) is 1. The minimum absolute atomic E-state index is 0.236. The molecule has 2 aromatic carbocycles. The zero-order valence-corrected chi connectivity index (χ0v) is 21.6. The Bertz CT molecular complexity index is 887. The highest BCUT2D eigenvalue weighted by atomic mass is 16.5. The summed E-state index contributed by atoms with van der Waals surface area (Å²) in [5.74, 6) is 0.214. The zero-order valence-electron chi connectivity index (χ0n) is 21.6. The number of unbranched alkanes of at least 4 members (excludes halogenated alkanes) is 7. The van der Waals surface area contributed by atoms with Crippen LogP contribution in [0.4, 0.5) is 0 Å². The van der Waals surface area contributed by atoms with Crippen LogP contribution in [0.1, 0.15) is 89.2 Å². The normalized spacial score (nSPS) is 12.7. The summed E-state index contributed by atoms with van der Waals surface area (Å²) in [6, 6.07) is 17.7. The van der Waals surface area contributed by atoms with Crippen LogP contribution in [-0.4, -0.2) is 30.4 Å². The molecule has 0 saturated heterocycles. The number of rotatable bonds is 18. The third kappa shape index (κ3) is 13.0. The first kappa shape index (κ1) is 28.4. The molecule has 0 aliphatic heterocycles. The molecule has 0 fully saturated rings. The number of nitrogens with zero attached hydrogens (tertiary/aromatic N) is 1. The third-order valence-corrected chi connectivity index (χ3v) is 6.12. The van der Waals surface area contributed by atoms with Crippen molar-refractivity contribution in [3.8, 4) is 5.75 Å². The number of ether oxygens (including phenoxy) is 1. The van der Waals surface area contributed by atoms with Gasteiger partial charge < -0.3 is 9.84 Å². The lowest BCUT2D eigenvalue weighted by atomic mass is 9.96. The summed E-state index contributed by atoms with van der Waals surface area (Å²) in [5, 5.41) is 9.68. The van der Waals surface area contributed by atoms with E-state index in [-0.39, 0.29) is 5.92 Å². The van der Waals surface area contributed by atoms with E-state index in [2.05, 4.69) is 18.8 Å². The SMILES string of the molecule is CCCCCCCCCCOc1ccc(C=C(CC(C)CCN=Cc2ccccc2)C(=O)O)cc1. The van der Waals surface area contributed by atoms with Crippen LogP contribution in [0.2, 0.25) is 0 Å². The smallest absolute Gasteiger partial charge is 0.331 e. The average molecular weight is 478 g/mol. The number of carboxylic acids is 1. The van der Waals surface area contributed by atoms with E-state index in [1.807, 2.05) is 60.8 Å². The van der Waals surface area contributed by atoms with Crippen molar-refractivity contribution in [2.75, 3.05) is 13.2 Å². The molecule has 0 spiro atoms. The minimum atomic E-state index is -0.861. The van der Waals surface area contributed by atoms with Gasteiger partial charge in [0.25, 0.3) is 0 Å². The van der Waals surface area contributed by atoms with Gasteiger partial charge in [0.15, 0.2) is 0 Å². The van der Waals surface area contributed by atoms with Gasteiger partial charge in [-0.05, 0) is 54.5 Å². The second-order valence-electron chi connectivity index (χ2n) is 9.41. The largest absolute Gasteiger partial charge is 0.494 e. The highest BCUT2D eigenvalue weighted by Crippen LogP contribution is 2.20. The molecule has 0 aliphatic rings. The Kier molecular flexibility index (Phi) is 14.2. The third-order valence-electron chi connectivity index (χ3n) is 6.12. The number of hydrogen-bond acceptors (Lipinski definition) is 3. The second-order valence-corrected chi connectivity index (χ2v) is 9.41. The van der Waals surface area contributed by atoms with Gasteiger partial charge in [-0.25, -0.2) is 4.79 Å². The first-order valence-corrected chi connectivity index (χ1v) is 13.3. The Morgan fingerprint density at radius 2 is 1.57 bits per heavy atom. The Morgan fingerprint density at radius 3 is 2.23 bits per heavy atom. The van der Waals surface area contributed by atoms with Crippen molar-refractivity contribution >= 4 is 18.3 Å². The molecule has 1 atom stereocenters. The van der Waals surface area contributed by atoms with Crippen molar-refractivity contribution in [1.29, 1.82) is 0 Å². The van der Waals surface area contributed by atoms with Crippen LogP contribution in [0, 0.1) is 5.92 Å². The van der Waals surface area contributed by atoms with Crippen LogP contribution in [0.5, 0.6) is 5.75 Å². The maximum absolute atomic E-state index is 11.8. The van der Waals surface area contributed by atoms with Crippen LogP contribution < -0.4 is 4.74 Å². The number of benzene rings is 2. The zero-order chi connectivity index (χ0) is 25.1. The molecule has 1 unspecified atom stereocenters. The average Bonchev–Trinajstić information content (AvgIpc) is 2.87. The van der Waals surface area contributed by atoms with E-state index in [0.717, 1.165) is 36.3 Å². The predicted octanol–water partition coefficient (Wildman–Crippen LogP) is 8.21. The first-order chi connectivity index (χ1) is 17.1. The summed E-state index contributed by atoms with van der Waals surface area (Å²) in [5.41, 5.74) is 2.39. The molecule has 1 N–H and O–H groups in total. The lowest BCUT2D eigenvalue weighted by molar-refractivity contribution is -0.132. The molecule has 0 amide bonds. The molecule has 0 bridgehead atoms. The van der Waals surface area contributed by atoms with E-state index in [1.165, 1.54) is 44.9 Å². The van der Waals surface area contributed by atoms with E-state index >= 15 is 0 Å². The molecule has 35 heavy (non-hydrogen) atoms. The van der Waals surface area contributed by atoms with Crippen molar-refractivity contribution in [2.24, 2.45) is 10.9 Å². The molecule has 4 nitrogen and oxygen atoms in total. The van der Waals surface area contributed by atoms with Gasteiger partial charge in [0.05, 0.1) is 6.61 Å². The minimum Gasteiger partial charge on any atom is -0.494 e.